The van der Waals surface area contributed by atoms with Crippen molar-refractivity contribution < 1.29 is 9.47 Å². The van der Waals surface area contributed by atoms with Gasteiger partial charge in [0, 0.05) is 0 Å². The fourth-order valence-corrected chi connectivity index (χ4v) is 1.58. The third-order valence-electron chi connectivity index (χ3n) is 2.24. The summed E-state index contributed by atoms with van der Waals surface area (Å²) in [5.74, 6) is 0. The Morgan fingerprint density at radius 1 is 0.812 bits per heavy atom. The predicted octanol–water partition coefficient (Wildman–Crippen LogP) is 3.07. The molecule has 0 aliphatic carbocycles. The SMILES string of the molecule is CC(C)OC(CCCCCCN)OC(C)C. The molecule has 0 radical (unpaired) electrons. The summed E-state index contributed by atoms with van der Waals surface area (Å²) >= 11 is 0. The van der Waals surface area contributed by atoms with Crippen molar-refractivity contribution in [3.8, 4) is 0 Å². The van der Waals surface area contributed by atoms with Crippen molar-refractivity contribution >= 4 is 0 Å². The second-order valence-electron chi connectivity index (χ2n) is 4.79. The van der Waals surface area contributed by atoms with Gasteiger partial charge in [0.05, 0.1) is 12.2 Å². The molecule has 0 aromatic rings. The van der Waals surface area contributed by atoms with Crippen LogP contribution in [0.3, 0.4) is 0 Å². The van der Waals surface area contributed by atoms with Gasteiger partial charge in [-0.1, -0.05) is 12.8 Å². The minimum absolute atomic E-state index is 0.0436. The van der Waals surface area contributed by atoms with Crippen molar-refractivity contribution in [2.75, 3.05) is 6.54 Å². The Balaban J connectivity index is 3.65. The van der Waals surface area contributed by atoms with Gasteiger partial charge in [0.15, 0.2) is 6.29 Å². The summed E-state index contributed by atoms with van der Waals surface area (Å²) in [6, 6.07) is 0. The van der Waals surface area contributed by atoms with Gasteiger partial charge in [-0.3, -0.25) is 0 Å². The van der Waals surface area contributed by atoms with Gasteiger partial charge >= 0.3 is 0 Å². The fourth-order valence-electron chi connectivity index (χ4n) is 1.58. The predicted molar refractivity (Wildman–Crippen MR) is 68.4 cm³/mol. The van der Waals surface area contributed by atoms with Crippen molar-refractivity contribution in [1.82, 2.24) is 0 Å². The van der Waals surface area contributed by atoms with E-state index in [1.807, 2.05) is 27.7 Å². The number of nitrogens with two attached hydrogens (primary N) is 1. The van der Waals surface area contributed by atoms with E-state index in [2.05, 4.69) is 0 Å². The van der Waals surface area contributed by atoms with E-state index in [0.29, 0.717) is 0 Å². The zero-order chi connectivity index (χ0) is 12.4. The number of hydrogen-bond donors (Lipinski definition) is 1. The van der Waals surface area contributed by atoms with Crippen LogP contribution in [0.5, 0.6) is 0 Å². The van der Waals surface area contributed by atoms with Crippen LogP contribution >= 0.6 is 0 Å². The normalized spacial score (nSPS) is 12.0. The molecule has 0 atom stereocenters. The molecular weight excluding hydrogens is 202 g/mol. The highest BCUT2D eigenvalue weighted by Gasteiger charge is 2.12. The van der Waals surface area contributed by atoms with E-state index in [0.717, 1.165) is 25.8 Å². The highest BCUT2D eigenvalue weighted by Crippen LogP contribution is 2.13. The summed E-state index contributed by atoms with van der Waals surface area (Å²) in [6.45, 7) is 8.99. The van der Waals surface area contributed by atoms with Crippen LogP contribution in [0.25, 0.3) is 0 Å². The Bertz CT molecular complexity index is 139. The molecule has 0 fully saturated rings. The summed E-state index contributed by atoms with van der Waals surface area (Å²) in [7, 11) is 0. The number of ether oxygens (including phenoxy) is 2. The highest BCUT2D eigenvalue weighted by molar-refractivity contribution is 4.53. The summed E-state index contributed by atoms with van der Waals surface area (Å²) < 4.78 is 11.4. The zero-order valence-corrected chi connectivity index (χ0v) is 11.4. The monoisotopic (exact) mass is 231 g/mol. The summed E-state index contributed by atoms with van der Waals surface area (Å²) in [5.41, 5.74) is 5.45. The average Bonchev–Trinajstić information content (AvgIpc) is 2.15. The molecule has 0 aliphatic heterocycles. The molecule has 0 aliphatic rings. The van der Waals surface area contributed by atoms with Gasteiger partial charge in [0.2, 0.25) is 0 Å². The van der Waals surface area contributed by atoms with Gasteiger partial charge in [-0.25, -0.2) is 0 Å². The lowest BCUT2D eigenvalue weighted by Crippen LogP contribution is -2.24. The Labute approximate surface area is 101 Å². The Hall–Kier alpha value is -0.120. The van der Waals surface area contributed by atoms with Crippen LogP contribution in [-0.4, -0.2) is 25.0 Å². The summed E-state index contributed by atoms with van der Waals surface area (Å²) in [6.07, 6.45) is 6.12. The van der Waals surface area contributed by atoms with Crippen molar-refractivity contribution in [1.29, 1.82) is 0 Å². The first-order valence-corrected chi connectivity index (χ1v) is 6.57. The molecule has 0 spiro atoms. The average molecular weight is 231 g/mol. The first-order valence-electron chi connectivity index (χ1n) is 6.57. The molecule has 0 saturated carbocycles. The van der Waals surface area contributed by atoms with Crippen LogP contribution in [0.4, 0.5) is 0 Å². The van der Waals surface area contributed by atoms with E-state index in [9.17, 15) is 0 Å². The molecule has 3 heteroatoms. The molecule has 0 bridgehead atoms. The second kappa shape index (κ2) is 10.1. The van der Waals surface area contributed by atoms with Gasteiger partial charge < -0.3 is 15.2 Å². The third-order valence-corrected chi connectivity index (χ3v) is 2.24. The molecule has 3 nitrogen and oxygen atoms in total. The van der Waals surface area contributed by atoms with Crippen LogP contribution in [0.1, 0.15) is 59.8 Å². The molecule has 0 aromatic carbocycles. The Morgan fingerprint density at radius 3 is 1.75 bits per heavy atom. The number of hydrogen-bond acceptors (Lipinski definition) is 3. The van der Waals surface area contributed by atoms with Crippen molar-refractivity contribution in [3.63, 3.8) is 0 Å². The van der Waals surface area contributed by atoms with Crippen LogP contribution in [0.15, 0.2) is 0 Å². The van der Waals surface area contributed by atoms with E-state index in [4.69, 9.17) is 15.2 Å². The zero-order valence-electron chi connectivity index (χ0n) is 11.4. The molecule has 0 heterocycles. The quantitative estimate of drug-likeness (QED) is 0.464. The molecule has 0 unspecified atom stereocenters. The van der Waals surface area contributed by atoms with Gasteiger partial charge in [0.1, 0.15) is 0 Å². The third kappa shape index (κ3) is 10.4. The molecule has 0 amide bonds. The van der Waals surface area contributed by atoms with Gasteiger partial charge in [-0.2, -0.15) is 0 Å². The van der Waals surface area contributed by atoms with E-state index < -0.39 is 0 Å². The van der Waals surface area contributed by atoms with Crippen LogP contribution in [0, 0.1) is 0 Å². The smallest absolute Gasteiger partial charge is 0.158 e. The lowest BCUT2D eigenvalue weighted by atomic mass is 10.1. The van der Waals surface area contributed by atoms with Crippen molar-refractivity contribution in [2.24, 2.45) is 5.73 Å². The maximum absolute atomic E-state index is 5.72. The molecule has 0 rings (SSSR count). The van der Waals surface area contributed by atoms with Crippen LogP contribution < -0.4 is 5.73 Å². The standard InChI is InChI=1S/C13H29NO2/c1-11(2)15-13(16-12(3)4)9-7-5-6-8-10-14/h11-13H,5-10,14H2,1-4H3. The Kier molecular flexibility index (Phi) is 9.99. The minimum Gasteiger partial charge on any atom is -0.350 e. The molecule has 16 heavy (non-hydrogen) atoms. The second-order valence-corrected chi connectivity index (χ2v) is 4.79. The van der Waals surface area contributed by atoms with E-state index in [1.165, 1.54) is 12.8 Å². The van der Waals surface area contributed by atoms with Gasteiger partial charge in [0.25, 0.3) is 0 Å². The van der Waals surface area contributed by atoms with Crippen molar-refractivity contribution in [3.05, 3.63) is 0 Å². The minimum atomic E-state index is -0.0436. The maximum atomic E-state index is 5.72. The van der Waals surface area contributed by atoms with E-state index in [1.54, 1.807) is 0 Å². The van der Waals surface area contributed by atoms with Crippen molar-refractivity contribution in [2.45, 2.75) is 78.3 Å². The summed E-state index contributed by atoms with van der Waals surface area (Å²) in [4.78, 5) is 0. The lowest BCUT2D eigenvalue weighted by molar-refractivity contribution is -0.184. The topological polar surface area (TPSA) is 44.5 Å². The molecule has 0 saturated heterocycles. The first-order chi connectivity index (χ1) is 7.56. The highest BCUT2D eigenvalue weighted by atomic mass is 16.7. The molecule has 0 aromatic heterocycles. The number of rotatable bonds is 10. The summed E-state index contributed by atoms with van der Waals surface area (Å²) in [5, 5.41) is 0. The van der Waals surface area contributed by atoms with E-state index in [-0.39, 0.29) is 18.5 Å². The molecule has 98 valence electrons. The largest absolute Gasteiger partial charge is 0.350 e. The lowest BCUT2D eigenvalue weighted by Gasteiger charge is -2.23. The van der Waals surface area contributed by atoms with Gasteiger partial charge in [-0.05, 0) is 53.5 Å². The molecular formula is C13H29NO2. The first kappa shape index (κ1) is 15.9. The van der Waals surface area contributed by atoms with E-state index >= 15 is 0 Å². The maximum Gasteiger partial charge on any atom is 0.158 e. The van der Waals surface area contributed by atoms with Crippen LogP contribution in [-0.2, 0) is 9.47 Å². The fraction of sp³-hybridized carbons (Fsp3) is 1.00. The van der Waals surface area contributed by atoms with Gasteiger partial charge in [-0.15, -0.1) is 0 Å². The molecule has 2 N–H and O–H groups in total. The van der Waals surface area contributed by atoms with Crippen LogP contribution in [0.2, 0.25) is 0 Å². The Morgan fingerprint density at radius 2 is 1.31 bits per heavy atom. The number of unbranched alkanes of at least 4 members (excludes halogenated alkanes) is 3.